The molecule has 2 aromatic rings. The van der Waals surface area contributed by atoms with Crippen LogP contribution in [0.1, 0.15) is 11.3 Å². The molecule has 0 atom stereocenters. The topological polar surface area (TPSA) is 68.5 Å². The highest BCUT2D eigenvalue weighted by molar-refractivity contribution is 5.66. The number of aryl methyl sites for hydroxylation is 1. The number of aliphatic carboxylic acids is 1. The molecular weight excluding hydrogens is 277 g/mol. The Labute approximate surface area is 120 Å². The van der Waals surface area contributed by atoms with Gasteiger partial charge in [0, 0.05) is 11.8 Å². The molecule has 0 aliphatic carbocycles. The van der Waals surface area contributed by atoms with Crippen LogP contribution in [-0.2, 0) is 17.9 Å². The number of carbonyl (C=O) groups is 1. The Balaban J connectivity index is 2.19. The first-order valence-corrected chi connectivity index (χ1v) is 6.26. The maximum atomic E-state index is 13.0. The number of hydrogen-bond acceptors (Lipinski definition) is 3. The molecule has 6 heteroatoms. The molecule has 0 radical (unpaired) electrons. The number of carboxylic acids is 1. The lowest BCUT2D eigenvalue weighted by molar-refractivity contribution is -0.137. The molecule has 2 rings (SSSR count). The number of ether oxygens (including phenoxy) is 1. The van der Waals surface area contributed by atoms with Gasteiger partial charge in [-0.3, -0.25) is 9.59 Å². The third kappa shape index (κ3) is 3.92. The molecule has 0 saturated heterocycles. The molecule has 0 saturated carbocycles. The van der Waals surface area contributed by atoms with Crippen molar-refractivity contribution in [3.05, 3.63) is 63.8 Å². The predicted molar refractivity (Wildman–Crippen MR) is 73.8 cm³/mol. The maximum Gasteiger partial charge on any atom is 0.323 e. The third-order valence-corrected chi connectivity index (χ3v) is 2.90. The standard InChI is InChI=1S/C15H14FNO4/c1-10-5-13(18)14(7-17(10)8-15(19)20)21-9-11-3-2-4-12(16)6-11/h2-7H,8-9H2,1H3,(H,19,20). The van der Waals surface area contributed by atoms with Crippen molar-refractivity contribution in [3.63, 3.8) is 0 Å². The molecule has 0 unspecified atom stereocenters. The molecule has 5 nitrogen and oxygen atoms in total. The van der Waals surface area contributed by atoms with Crippen LogP contribution in [0, 0.1) is 12.7 Å². The highest BCUT2D eigenvalue weighted by Gasteiger charge is 2.08. The highest BCUT2D eigenvalue weighted by Crippen LogP contribution is 2.10. The largest absolute Gasteiger partial charge is 0.483 e. The molecule has 0 fully saturated rings. The fourth-order valence-corrected chi connectivity index (χ4v) is 1.86. The van der Waals surface area contributed by atoms with E-state index < -0.39 is 5.97 Å². The second-order valence-electron chi connectivity index (χ2n) is 4.58. The van der Waals surface area contributed by atoms with Crippen LogP contribution >= 0.6 is 0 Å². The fourth-order valence-electron chi connectivity index (χ4n) is 1.86. The first kappa shape index (κ1) is 14.8. The zero-order valence-corrected chi connectivity index (χ0v) is 11.4. The summed E-state index contributed by atoms with van der Waals surface area (Å²) in [6, 6.07) is 7.15. The average molecular weight is 291 g/mol. The second kappa shape index (κ2) is 6.21. The summed E-state index contributed by atoms with van der Waals surface area (Å²) in [5, 5.41) is 8.81. The molecular formula is C15H14FNO4. The van der Waals surface area contributed by atoms with Crippen LogP contribution in [-0.4, -0.2) is 15.6 Å². The molecule has 110 valence electrons. The van der Waals surface area contributed by atoms with Crippen molar-refractivity contribution in [1.82, 2.24) is 4.57 Å². The predicted octanol–water partition coefficient (Wildman–Crippen LogP) is 1.96. The van der Waals surface area contributed by atoms with E-state index in [4.69, 9.17) is 9.84 Å². The van der Waals surface area contributed by atoms with Gasteiger partial charge in [-0.25, -0.2) is 4.39 Å². The Morgan fingerprint density at radius 1 is 1.38 bits per heavy atom. The summed E-state index contributed by atoms with van der Waals surface area (Å²) >= 11 is 0. The van der Waals surface area contributed by atoms with E-state index >= 15 is 0 Å². The molecule has 0 amide bonds. The van der Waals surface area contributed by atoms with E-state index in [-0.39, 0.29) is 30.1 Å². The number of carboxylic acid groups (broad SMARTS) is 1. The van der Waals surface area contributed by atoms with Crippen molar-refractivity contribution < 1.29 is 19.0 Å². The van der Waals surface area contributed by atoms with Gasteiger partial charge >= 0.3 is 5.97 Å². The van der Waals surface area contributed by atoms with Gasteiger partial charge in [-0.1, -0.05) is 12.1 Å². The van der Waals surface area contributed by atoms with Gasteiger partial charge in [0.25, 0.3) is 0 Å². The van der Waals surface area contributed by atoms with E-state index in [1.54, 1.807) is 19.1 Å². The van der Waals surface area contributed by atoms with Crippen molar-refractivity contribution in [1.29, 1.82) is 0 Å². The number of pyridine rings is 1. The van der Waals surface area contributed by atoms with Gasteiger partial charge in [0.2, 0.25) is 5.43 Å². The van der Waals surface area contributed by atoms with Crippen LogP contribution in [0.3, 0.4) is 0 Å². The van der Waals surface area contributed by atoms with Gasteiger partial charge in [-0.15, -0.1) is 0 Å². The zero-order valence-electron chi connectivity index (χ0n) is 11.4. The summed E-state index contributed by atoms with van der Waals surface area (Å²) in [7, 11) is 0. The summed E-state index contributed by atoms with van der Waals surface area (Å²) in [5.74, 6) is -1.37. The van der Waals surface area contributed by atoms with E-state index in [9.17, 15) is 14.0 Å². The lowest BCUT2D eigenvalue weighted by Gasteiger charge is -2.11. The summed E-state index contributed by atoms with van der Waals surface area (Å²) in [6.45, 7) is 1.41. The van der Waals surface area contributed by atoms with Crippen molar-refractivity contribution in [2.45, 2.75) is 20.1 Å². The lowest BCUT2D eigenvalue weighted by atomic mass is 10.2. The number of hydrogen-bond donors (Lipinski definition) is 1. The van der Waals surface area contributed by atoms with Crippen LogP contribution < -0.4 is 10.2 Å². The normalized spacial score (nSPS) is 10.4. The van der Waals surface area contributed by atoms with Gasteiger partial charge < -0.3 is 14.4 Å². The minimum absolute atomic E-state index is 0.0309. The van der Waals surface area contributed by atoms with E-state index in [0.29, 0.717) is 11.3 Å². The molecule has 21 heavy (non-hydrogen) atoms. The summed E-state index contributed by atoms with van der Waals surface area (Å²) < 4.78 is 19.8. The Morgan fingerprint density at radius 2 is 2.14 bits per heavy atom. The van der Waals surface area contributed by atoms with Crippen LogP contribution in [0.5, 0.6) is 5.75 Å². The summed E-state index contributed by atoms with van der Waals surface area (Å²) in [5.41, 5.74) is 0.769. The molecule has 1 N–H and O–H groups in total. The molecule has 1 heterocycles. The number of aromatic nitrogens is 1. The number of rotatable bonds is 5. The second-order valence-corrected chi connectivity index (χ2v) is 4.58. The molecule has 0 aliphatic heterocycles. The Kier molecular flexibility index (Phi) is 4.37. The van der Waals surface area contributed by atoms with Crippen LogP contribution in [0.15, 0.2) is 41.3 Å². The zero-order chi connectivity index (χ0) is 15.4. The lowest BCUT2D eigenvalue weighted by Crippen LogP contribution is -2.17. The van der Waals surface area contributed by atoms with Crippen molar-refractivity contribution in [2.24, 2.45) is 0 Å². The van der Waals surface area contributed by atoms with Gasteiger partial charge in [-0.2, -0.15) is 0 Å². The molecule has 0 aliphatic rings. The van der Waals surface area contributed by atoms with Crippen molar-refractivity contribution in [2.75, 3.05) is 0 Å². The maximum absolute atomic E-state index is 13.0. The Hall–Kier alpha value is -2.63. The third-order valence-electron chi connectivity index (χ3n) is 2.90. The summed E-state index contributed by atoms with van der Waals surface area (Å²) in [4.78, 5) is 22.6. The van der Waals surface area contributed by atoms with Crippen molar-refractivity contribution >= 4 is 5.97 Å². The van der Waals surface area contributed by atoms with Gasteiger partial charge in [0.15, 0.2) is 5.75 Å². The van der Waals surface area contributed by atoms with E-state index in [2.05, 4.69) is 0 Å². The van der Waals surface area contributed by atoms with Crippen LogP contribution in [0.4, 0.5) is 4.39 Å². The Morgan fingerprint density at radius 3 is 2.81 bits per heavy atom. The van der Waals surface area contributed by atoms with Gasteiger partial charge in [0.1, 0.15) is 19.0 Å². The molecule has 1 aromatic carbocycles. The molecule has 1 aromatic heterocycles. The monoisotopic (exact) mass is 291 g/mol. The highest BCUT2D eigenvalue weighted by atomic mass is 19.1. The molecule has 0 spiro atoms. The number of halogens is 1. The first-order valence-electron chi connectivity index (χ1n) is 6.26. The Bertz CT molecular complexity index is 724. The fraction of sp³-hybridized carbons (Fsp3) is 0.200. The number of benzene rings is 1. The first-order chi connectivity index (χ1) is 9.95. The van der Waals surface area contributed by atoms with Crippen LogP contribution in [0.2, 0.25) is 0 Å². The minimum Gasteiger partial charge on any atom is -0.483 e. The SMILES string of the molecule is Cc1cc(=O)c(OCc2cccc(F)c2)cn1CC(=O)O. The van der Waals surface area contributed by atoms with Gasteiger partial charge in [0.05, 0.1) is 6.20 Å². The minimum atomic E-state index is -1.02. The van der Waals surface area contributed by atoms with E-state index in [1.807, 2.05) is 0 Å². The summed E-state index contributed by atoms with van der Waals surface area (Å²) in [6.07, 6.45) is 1.35. The molecule has 0 bridgehead atoms. The van der Waals surface area contributed by atoms with E-state index in [1.165, 1.54) is 29.0 Å². The van der Waals surface area contributed by atoms with E-state index in [0.717, 1.165) is 0 Å². The van der Waals surface area contributed by atoms with Crippen LogP contribution in [0.25, 0.3) is 0 Å². The average Bonchev–Trinajstić information content (AvgIpc) is 2.40. The number of nitrogens with zero attached hydrogens (tertiary/aromatic N) is 1. The smallest absolute Gasteiger partial charge is 0.323 e. The quantitative estimate of drug-likeness (QED) is 0.914. The van der Waals surface area contributed by atoms with Gasteiger partial charge in [-0.05, 0) is 24.6 Å². The van der Waals surface area contributed by atoms with Crippen molar-refractivity contribution in [3.8, 4) is 5.75 Å².